The van der Waals surface area contributed by atoms with Gasteiger partial charge in [-0.25, -0.2) is 4.39 Å². The molecule has 0 unspecified atom stereocenters. The zero-order chi connectivity index (χ0) is 15.4. The molecule has 0 atom stereocenters. The molecule has 0 aliphatic carbocycles. The zero-order valence-corrected chi connectivity index (χ0v) is 12.9. The van der Waals surface area contributed by atoms with Gasteiger partial charge in [-0.3, -0.25) is 9.59 Å². The van der Waals surface area contributed by atoms with Crippen LogP contribution in [0, 0.1) is 5.82 Å². The van der Waals surface area contributed by atoms with Gasteiger partial charge in [-0.15, -0.1) is 0 Å². The number of anilines is 1. The monoisotopic (exact) mass is 311 g/mol. The summed E-state index contributed by atoms with van der Waals surface area (Å²) in [7, 11) is 0. The molecular weight excluding hydrogens is 293 g/mol. The molecule has 1 amide bonds. The van der Waals surface area contributed by atoms with Crippen LogP contribution in [-0.2, 0) is 4.79 Å². The van der Waals surface area contributed by atoms with Crippen molar-refractivity contribution in [2.75, 3.05) is 11.4 Å². The number of rotatable bonds is 7. The quantitative estimate of drug-likeness (QED) is 0.554. The highest BCUT2D eigenvalue weighted by Crippen LogP contribution is 2.36. The number of unbranched alkanes of at least 4 members (excludes halogenated alkanes) is 5. The molecule has 1 aromatic carbocycles. The van der Waals surface area contributed by atoms with Gasteiger partial charge in [-0.05, 0) is 18.6 Å². The minimum absolute atomic E-state index is 0.00708. The van der Waals surface area contributed by atoms with Crippen LogP contribution in [-0.4, -0.2) is 18.2 Å². The van der Waals surface area contributed by atoms with Gasteiger partial charge in [0.1, 0.15) is 5.82 Å². The van der Waals surface area contributed by atoms with E-state index >= 15 is 0 Å². The fraction of sp³-hybridized carbons (Fsp3) is 0.500. The van der Waals surface area contributed by atoms with Gasteiger partial charge in [0.15, 0.2) is 0 Å². The van der Waals surface area contributed by atoms with Crippen molar-refractivity contribution < 1.29 is 14.0 Å². The number of halogens is 2. The summed E-state index contributed by atoms with van der Waals surface area (Å²) in [6.07, 6.45) is 6.36. The van der Waals surface area contributed by atoms with E-state index in [4.69, 9.17) is 11.6 Å². The molecule has 21 heavy (non-hydrogen) atoms. The van der Waals surface area contributed by atoms with Crippen LogP contribution >= 0.6 is 11.6 Å². The first-order valence-electron chi connectivity index (χ1n) is 7.42. The Kier molecular flexibility index (Phi) is 5.34. The van der Waals surface area contributed by atoms with Crippen molar-refractivity contribution in [3.05, 3.63) is 28.5 Å². The maximum absolute atomic E-state index is 13.9. The molecule has 0 aromatic heterocycles. The summed E-state index contributed by atoms with van der Waals surface area (Å²) < 4.78 is 13.9. The number of carbonyl (C=O) groups is 2. The third-order valence-electron chi connectivity index (χ3n) is 3.75. The SMILES string of the molecule is CCCCCCCCN1C(=O)C(=O)c2c(Cl)ccc(F)c21. The van der Waals surface area contributed by atoms with Crippen molar-refractivity contribution in [2.24, 2.45) is 0 Å². The predicted octanol–water partition coefficient (Wildman–Crippen LogP) is 4.37. The molecule has 0 radical (unpaired) electrons. The highest BCUT2D eigenvalue weighted by atomic mass is 35.5. The molecule has 0 saturated carbocycles. The summed E-state index contributed by atoms with van der Waals surface area (Å²) >= 11 is 5.92. The topological polar surface area (TPSA) is 37.4 Å². The summed E-state index contributed by atoms with van der Waals surface area (Å²) in [5.74, 6) is -1.95. The Labute approximate surface area is 129 Å². The number of amides is 1. The van der Waals surface area contributed by atoms with Gasteiger partial charge in [0.05, 0.1) is 16.3 Å². The molecule has 0 spiro atoms. The average molecular weight is 312 g/mol. The summed E-state index contributed by atoms with van der Waals surface area (Å²) in [6.45, 7) is 2.51. The number of ketones is 1. The van der Waals surface area contributed by atoms with E-state index in [-0.39, 0.29) is 16.3 Å². The van der Waals surface area contributed by atoms with Gasteiger partial charge in [0.2, 0.25) is 0 Å². The minimum atomic E-state index is -0.708. The van der Waals surface area contributed by atoms with Gasteiger partial charge in [-0.1, -0.05) is 50.6 Å². The standard InChI is InChI=1S/C16H19ClFNO2/c1-2-3-4-5-6-7-10-19-14-12(18)9-8-11(17)13(14)15(20)16(19)21/h8-9H,2-7,10H2,1H3. The van der Waals surface area contributed by atoms with E-state index in [0.29, 0.717) is 6.54 Å². The fourth-order valence-corrected chi connectivity index (χ4v) is 2.85. The minimum Gasteiger partial charge on any atom is -0.302 e. The Balaban J connectivity index is 2.04. The molecular formula is C16H19ClFNO2. The molecule has 1 aliphatic rings. The lowest BCUT2D eigenvalue weighted by Crippen LogP contribution is -2.31. The lowest BCUT2D eigenvalue weighted by atomic mass is 10.1. The molecule has 5 heteroatoms. The molecule has 0 bridgehead atoms. The molecule has 114 valence electrons. The van der Waals surface area contributed by atoms with E-state index in [9.17, 15) is 14.0 Å². The lowest BCUT2D eigenvalue weighted by molar-refractivity contribution is -0.114. The second-order valence-corrected chi connectivity index (χ2v) is 5.71. The first-order chi connectivity index (χ1) is 10.1. The molecule has 2 rings (SSSR count). The van der Waals surface area contributed by atoms with Crippen LogP contribution < -0.4 is 4.90 Å². The van der Waals surface area contributed by atoms with Crippen LogP contribution in [0.5, 0.6) is 0 Å². The Morgan fingerprint density at radius 3 is 2.48 bits per heavy atom. The third kappa shape index (κ3) is 3.26. The maximum Gasteiger partial charge on any atom is 0.299 e. The number of hydrogen-bond acceptors (Lipinski definition) is 2. The first kappa shape index (κ1) is 16.0. The Morgan fingerprint density at radius 2 is 1.76 bits per heavy atom. The number of benzene rings is 1. The Hall–Kier alpha value is -1.42. The highest BCUT2D eigenvalue weighted by Gasteiger charge is 2.39. The van der Waals surface area contributed by atoms with E-state index in [1.54, 1.807) is 0 Å². The third-order valence-corrected chi connectivity index (χ3v) is 4.06. The van der Waals surface area contributed by atoms with Crippen molar-refractivity contribution >= 4 is 29.0 Å². The number of carbonyl (C=O) groups excluding carboxylic acids is 2. The molecule has 0 saturated heterocycles. The van der Waals surface area contributed by atoms with Crippen LogP contribution in [0.4, 0.5) is 10.1 Å². The van der Waals surface area contributed by atoms with Crippen molar-refractivity contribution in [2.45, 2.75) is 45.4 Å². The predicted molar refractivity (Wildman–Crippen MR) is 81.5 cm³/mol. The van der Waals surface area contributed by atoms with E-state index in [0.717, 1.165) is 19.3 Å². The van der Waals surface area contributed by atoms with Crippen LogP contribution in [0.1, 0.15) is 55.8 Å². The molecule has 1 aromatic rings. The normalized spacial score (nSPS) is 14.0. The van der Waals surface area contributed by atoms with E-state index in [1.807, 2.05) is 0 Å². The molecule has 3 nitrogen and oxygen atoms in total. The maximum atomic E-state index is 13.9. The molecule has 1 heterocycles. The molecule has 1 aliphatic heterocycles. The fourth-order valence-electron chi connectivity index (χ4n) is 2.62. The first-order valence-corrected chi connectivity index (χ1v) is 7.80. The van der Waals surface area contributed by atoms with Crippen LogP contribution in [0.2, 0.25) is 5.02 Å². The number of fused-ring (bicyclic) bond motifs is 1. The van der Waals surface area contributed by atoms with Gasteiger partial charge >= 0.3 is 0 Å². The van der Waals surface area contributed by atoms with Crippen LogP contribution in [0.25, 0.3) is 0 Å². The molecule has 0 fully saturated rings. The van der Waals surface area contributed by atoms with Gasteiger partial charge < -0.3 is 4.90 Å². The largest absolute Gasteiger partial charge is 0.302 e. The number of Topliss-reactive ketones (excluding diaryl/α,β-unsaturated/α-hetero) is 1. The number of nitrogens with zero attached hydrogens (tertiary/aromatic N) is 1. The number of hydrogen-bond donors (Lipinski definition) is 0. The van der Waals surface area contributed by atoms with Gasteiger partial charge in [0.25, 0.3) is 11.7 Å². The van der Waals surface area contributed by atoms with Crippen LogP contribution in [0.3, 0.4) is 0 Å². The van der Waals surface area contributed by atoms with E-state index in [1.165, 1.54) is 36.3 Å². The van der Waals surface area contributed by atoms with Crippen molar-refractivity contribution in [1.82, 2.24) is 0 Å². The summed E-state index contributed by atoms with van der Waals surface area (Å²) in [5.41, 5.74) is 0.0544. The Morgan fingerprint density at radius 1 is 1.10 bits per heavy atom. The lowest BCUT2D eigenvalue weighted by Gasteiger charge is -2.17. The van der Waals surface area contributed by atoms with E-state index in [2.05, 4.69) is 6.92 Å². The van der Waals surface area contributed by atoms with E-state index < -0.39 is 17.5 Å². The van der Waals surface area contributed by atoms with Gasteiger partial charge in [0, 0.05) is 6.54 Å². The van der Waals surface area contributed by atoms with Crippen molar-refractivity contribution in [1.29, 1.82) is 0 Å². The van der Waals surface area contributed by atoms with Crippen LogP contribution in [0.15, 0.2) is 12.1 Å². The van der Waals surface area contributed by atoms with Crippen molar-refractivity contribution in [3.8, 4) is 0 Å². The van der Waals surface area contributed by atoms with Gasteiger partial charge in [-0.2, -0.15) is 0 Å². The summed E-state index contributed by atoms with van der Waals surface area (Å²) in [5, 5.41) is 0.134. The summed E-state index contributed by atoms with van der Waals surface area (Å²) in [6, 6.07) is 2.51. The second kappa shape index (κ2) is 7.03. The molecule has 0 N–H and O–H groups in total. The van der Waals surface area contributed by atoms with Crippen molar-refractivity contribution in [3.63, 3.8) is 0 Å². The summed E-state index contributed by atoms with van der Waals surface area (Å²) in [4.78, 5) is 25.1. The average Bonchev–Trinajstić information content (AvgIpc) is 2.72. The second-order valence-electron chi connectivity index (χ2n) is 5.31. The Bertz CT molecular complexity index is 559. The zero-order valence-electron chi connectivity index (χ0n) is 12.1. The highest BCUT2D eigenvalue weighted by molar-refractivity contribution is 6.55. The smallest absolute Gasteiger partial charge is 0.299 e.